The van der Waals surface area contributed by atoms with Gasteiger partial charge >= 0.3 is 0 Å². The van der Waals surface area contributed by atoms with E-state index in [0.717, 1.165) is 33.4 Å². The van der Waals surface area contributed by atoms with Crippen molar-refractivity contribution in [3.63, 3.8) is 0 Å². The predicted octanol–water partition coefficient (Wildman–Crippen LogP) is 10.0. The Labute approximate surface area is 255 Å². The number of nitrogens with zero attached hydrogens (tertiary/aromatic N) is 1. The van der Waals surface area contributed by atoms with Crippen molar-refractivity contribution in [2.24, 2.45) is 4.99 Å². The van der Waals surface area contributed by atoms with Crippen molar-refractivity contribution in [3.05, 3.63) is 157 Å². The van der Waals surface area contributed by atoms with Crippen molar-refractivity contribution < 1.29 is 0 Å². The molecule has 0 saturated carbocycles. The molecule has 206 valence electrons. The average Bonchev–Trinajstić information content (AvgIpc) is 3.47. The normalized spacial score (nSPS) is 11.6. The van der Waals surface area contributed by atoms with E-state index in [0.29, 0.717) is 5.84 Å². The molecule has 0 saturated heterocycles. The zero-order valence-electron chi connectivity index (χ0n) is 23.7. The molecule has 1 aromatic heterocycles. The summed E-state index contributed by atoms with van der Waals surface area (Å²) in [5.41, 5.74) is 8.57. The number of rotatable bonds is 5. The maximum Gasteiger partial charge on any atom is 0.154 e. The highest BCUT2D eigenvalue weighted by Gasteiger charge is 2.16. The fourth-order valence-electron chi connectivity index (χ4n) is 5.65. The van der Waals surface area contributed by atoms with Gasteiger partial charge in [-0.15, -0.1) is 11.3 Å². The Balaban J connectivity index is 1.42. The van der Waals surface area contributed by atoms with Crippen LogP contribution in [0.4, 0.5) is 0 Å². The van der Waals surface area contributed by atoms with Crippen molar-refractivity contribution in [2.45, 2.75) is 0 Å². The van der Waals surface area contributed by atoms with Crippen LogP contribution in [0.2, 0.25) is 0 Å². The van der Waals surface area contributed by atoms with Crippen LogP contribution in [-0.4, -0.2) is 18.7 Å². The number of aliphatic imine (C=N–C) groups is 1. The van der Waals surface area contributed by atoms with E-state index in [9.17, 15) is 0 Å². The van der Waals surface area contributed by atoms with Crippen LogP contribution in [0.3, 0.4) is 0 Å². The molecule has 1 heterocycles. The number of hydrogen-bond acceptors (Lipinski definition) is 2. The summed E-state index contributed by atoms with van der Waals surface area (Å²) in [5.74, 6) is 0.874. The second-order valence-corrected chi connectivity index (χ2v) is 11.4. The quantitative estimate of drug-likeness (QED) is 0.157. The van der Waals surface area contributed by atoms with E-state index < -0.39 is 0 Å². The first kappa shape index (κ1) is 26.6. The van der Waals surface area contributed by atoms with Crippen molar-refractivity contribution in [2.75, 3.05) is 7.05 Å². The fraction of sp³-hybridized carbons (Fsp3) is 0.0256. The van der Waals surface area contributed by atoms with Crippen LogP contribution in [0, 0.1) is 5.41 Å². The van der Waals surface area contributed by atoms with E-state index in [4.69, 9.17) is 10.4 Å². The van der Waals surface area contributed by atoms with Gasteiger partial charge in [0.2, 0.25) is 0 Å². The highest BCUT2D eigenvalue weighted by atomic mass is 32.1. The molecule has 43 heavy (non-hydrogen) atoms. The summed E-state index contributed by atoms with van der Waals surface area (Å²) in [6.45, 7) is 0. The van der Waals surface area contributed by atoms with Gasteiger partial charge in [0.25, 0.3) is 0 Å². The minimum atomic E-state index is 0.210. The number of nitrogens with one attached hydrogen (secondary N) is 2. The van der Waals surface area contributed by atoms with Gasteiger partial charge in [-0.1, -0.05) is 127 Å². The van der Waals surface area contributed by atoms with Crippen molar-refractivity contribution in [3.8, 4) is 33.4 Å². The Morgan fingerprint density at radius 1 is 0.535 bits per heavy atom. The largest absolute Gasteiger partial charge is 0.373 e. The van der Waals surface area contributed by atoms with E-state index >= 15 is 0 Å². The number of fused-ring (bicyclic) bond motifs is 3. The SMILES string of the molecule is CNC(=NC(=N)c1cc(-c2ccccc2)cc(-c2cccc3c2sc2c(-c4ccccc4)cccc23)c1)c1ccccc1. The molecule has 0 unspecified atom stereocenters. The fourth-order valence-corrected chi connectivity index (χ4v) is 7.02. The lowest BCUT2D eigenvalue weighted by molar-refractivity contribution is 1.16. The monoisotopic (exact) mass is 571 g/mol. The van der Waals surface area contributed by atoms with Gasteiger partial charge in [-0.25, -0.2) is 4.99 Å². The molecule has 7 rings (SSSR count). The molecule has 7 aromatic rings. The molecular formula is C39H29N3S. The molecule has 0 bridgehead atoms. The summed E-state index contributed by atoms with van der Waals surface area (Å²) < 4.78 is 2.53. The van der Waals surface area contributed by atoms with E-state index in [1.807, 2.05) is 54.8 Å². The van der Waals surface area contributed by atoms with E-state index in [2.05, 4.69) is 115 Å². The van der Waals surface area contributed by atoms with Crippen LogP contribution in [0.1, 0.15) is 11.1 Å². The molecule has 6 aromatic carbocycles. The maximum absolute atomic E-state index is 9.08. The minimum Gasteiger partial charge on any atom is -0.373 e. The maximum atomic E-state index is 9.08. The lowest BCUT2D eigenvalue weighted by atomic mass is 9.94. The van der Waals surface area contributed by atoms with E-state index in [1.165, 1.54) is 31.3 Å². The molecule has 0 radical (unpaired) electrons. The molecule has 0 aliphatic heterocycles. The molecular weight excluding hydrogens is 543 g/mol. The van der Waals surface area contributed by atoms with Gasteiger partial charge in [-0.2, -0.15) is 0 Å². The average molecular weight is 572 g/mol. The van der Waals surface area contributed by atoms with E-state index in [1.54, 1.807) is 0 Å². The molecule has 4 heteroatoms. The van der Waals surface area contributed by atoms with Crippen molar-refractivity contribution >= 4 is 43.2 Å². The van der Waals surface area contributed by atoms with Crippen LogP contribution < -0.4 is 5.32 Å². The third kappa shape index (κ3) is 5.14. The molecule has 3 nitrogen and oxygen atoms in total. The van der Waals surface area contributed by atoms with Crippen molar-refractivity contribution in [1.82, 2.24) is 5.32 Å². The number of hydrogen-bond donors (Lipinski definition) is 2. The summed E-state index contributed by atoms with van der Waals surface area (Å²) in [7, 11) is 1.84. The molecule has 0 spiro atoms. The van der Waals surface area contributed by atoms with Gasteiger partial charge in [-0.05, 0) is 51.6 Å². The number of thiophene rings is 1. The highest BCUT2D eigenvalue weighted by molar-refractivity contribution is 7.26. The standard InChI is InChI=1S/C39H29N3S/c1-41-39(28-17-9-4-10-18-28)42-38(40)31-24-29(26-13-5-2-6-14-26)23-30(25-31)33-20-12-22-35-34-21-11-19-32(36(34)43-37(33)35)27-15-7-3-8-16-27/h2-25H,1H3,(H2,40,41,42). The van der Waals surface area contributed by atoms with Gasteiger partial charge in [0.1, 0.15) is 5.84 Å². The van der Waals surface area contributed by atoms with E-state index in [-0.39, 0.29) is 5.84 Å². The van der Waals surface area contributed by atoms with Crippen molar-refractivity contribution in [1.29, 1.82) is 5.41 Å². The molecule has 0 atom stereocenters. The van der Waals surface area contributed by atoms with Gasteiger partial charge in [0.15, 0.2) is 5.84 Å². The first-order valence-electron chi connectivity index (χ1n) is 14.3. The Hall–Kier alpha value is -5.32. The van der Waals surface area contributed by atoms with Crippen LogP contribution >= 0.6 is 11.3 Å². The molecule has 0 aliphatic carbocycles. The third-order valence-corrected chi connectivity index (χ3v) is 9.03. The number of amidine groups is 2. The first-order valence-corrected chi connectivity index (χ1v) is 15.1. The van der Waals surface area contributed by atoms with Crippen LogP contribution in [-0.2, 0) is 0 Å². The first-order chi connectivity index (χ1) is 21.2. The smallest absolute Gasteiger partial charge is 0.154 e. The second kappa shape index (κ2) is 11.5. The van der Waals surface area contributed by atoms with Gasteiger partial charge in [-0.3, -0.25) is 5.41 Å². The molecule has 2 N–H and O–H groups in total. The molecule has 0 fully saturated rings. The highest BCUT2D eigenvalue weighted by Crippen LogP contribution is 2.44. The number of benzene rings is 6. The Bertz CT molecular complexity index is 2110. The predicted molar refractivity (Wildman–Crippen MR) is 185 cm³/mol. The Morgan fingerprint density at radius 2 is 1.07 bits per heavy atom. The van der Waals surface area contributed by atoms with Gasteiger partial charge in [0.05, 0.1) is 0 Å². The molecule has 0 amide bonds. The summed E-state index contributed by atoms with van der Waals surface area (Å²) in [5, 5.41) is 14.8. The second-order valence-electron chi connectivity index (χ2n) is 10.4. The van der Waals surface area contributed by atoms with Gasteiger partial charge in [0, 0.05) is 38.3 Å². The summed E-state index contributed by atoms with van der Waals surface area (Å²) >= 11 is 1.84. The summed E-state index contributed by atoms with van der Waals surface area (Å²) in [6.07, 6.45) is 0. The lowest BCUT2D eigenvalue weighted by Crippen LogP contribution is -2.21. The van der Waals surface area contributed by atoms with Crippen LogP contribution in [0.15, 0.2) is 151 Å². The molecule has 0 aliphatic rings. The summed E-state index contributed by atoms with van der Waals surface area (Å²) in [4.78, 5) is 4.74. The van der Waals surface area contributed by atoms with Crippen LogP contribution in [0.25, 0.3) is 53.6 Å². The topological polar surface area (TPSA) is 48.2 Å². The summed E-state index contributed by atoms with van der Waals surface area (Å²) in [6, 6.07) is 50.5. The van der Waals surface area contributed by atoms with Crippen LogP contribution in [0.5, 0.6) is 0 Å². The Kier molecular flexibility index (Phi) is 7.12. The minimum absolute atomic E-state index is 0.210. The zero-order chi connectivity index (χ0) is 29.2. The third-order valence-electron chi connectivity index (χ3n) is 7.74. The lowest BCUT2D eigenvalue weighted by Gasteiger charge is -2.12. The Morgan fingerprint density at radius 3 is 1.67 bits per heavy atom. The van der Waals surface area contributed by atoms with Gasteiger partial charge < -0.3 is 5.32 Å². The zero-order valence-corrected chi connectivity index (χ0v) is 24.5.